The van der Waals surface area contributed by atoms with Crippen molar-refractivity contribution in [1.29, 1.82) is 10.5 Å². The zero-order valence-corrected chi connectivity index (χ0v) is 27.4. The summed E-state index contributed by atoms with van der Waals surface area (Å²) >= 11 is 0. The van der Waals surface area contributed by atoms with Crippen molar-refractivity contribution in [2.75, 3.05) is 13.1 Å². The molecule has 0 aromatic heterocycles. The van der Waals surface area contributed by atoms with Crippen molar-refractivity contribution in [2.45, 2.75) is 52.6 Å². The van der Waals surface area contributed by atoms with Crippen LogP contribution in [0.15, 0.2) is 109 Å². The topological polar surface area (TPSA) is 47.6 Å². The van der Waals surface area contributed by atoms with Crippen LogP contribution in [-0.4, -0.2) is 17.6 Å². The molecule has 0 unspecified atom stereocenters. The van der Waals surface area contributed by atoms with E-state index in [1.807, 2.05) is 24.3 Å². The minimum Gasteiger partial charge on any atom is -0.316 e. The molecule has 1 aliphatic rings. The van der Waals surface area contributed by atoms with Gasteiger partial charge >= 0.3 is 0 Å². The molecule has 0 bridgehead atoms. The molecule has 7 rings (SSSR count). The maximum atomic E-state index is 9.59. The molecular weight excluding hydrogens is 571 g/mol. The van der Waals surface area contributed by atoms with E-state index in [4.69, 9.17) is 0 Å². The van der Waals surface area contributed by atoms with Crippen LogP contribution in [0.1, 0.15) is 61.8 Å². The Labute approximate surface area is 278 Å². The standard InChI is InChI=1S/C44H40N3/c1-3-5-23-47(24-6-4-2)29-41-39(33-19-15-31(27-45)16-20-33)25-35-11-7-9-13-37(35)43(41)44-38-14-10-8-12-36(38)26-40(42(44)30-47)34-21-17-32(28-46)18-22-34/h7-22,25-26H,3-6,23-24,29-30H2,1-2H3/q+1. The monoisotopic (exact) mass is 610 g/mol. The third-order valence-electron chi connectivity index (χ3n) is 10.2. The maximum Gasteiger partial charge on any atom is 0.106 e. The van der Waals surface area contributed by atoms with E-state index in [9.17, 15) is 10.5 Å². The zero-order chi connectivity index (χ0) is 32.4. The summed E-state index contributed by atoms with van der Waals surface area (Å²) in [5.74, 6) is 0. The van der Waals surface area contributed by atoms with Crippen molar-refractivity contribution < 1.29 is 4.48 Å². The second-order valence-corrected chi connectivity index (χ2v) is 13.2. The maximum absolute atomic E-state index is 9.59. The van der Waals surface area contributed by atoms with Gasteiger partial charge < -0.3 is 4.48 Å². The molecule has 0 saturated heterocycles. The highest BCUT2D eigenvalue weighted by atomic mass is 15.3. The lowest BCUT2D eigenvalue weighted by Gasteiger charge is -2.39. The Morgan fingerprint density at radius 1 is 0.553 bits per heavy atom. The Kier molecular flexibility index (Phi) is 8.34. The molecule has 0 spiro atoms. The summed E-state index contributed by atoms with van der Waals surface area (Å²) in [5.41, 5.74) is 11.7. The largest absolute Gasteiger partial charge is 0.316 e. The number of quaternary nitrogens is 1. The molecule has 3 heteroatoms. The molecule has 3 nitrogen and oxygen atoms in total. The first-order valence-corrected chi connectivity index (χ1v) is 17.0. The number of fused-ring (bicyclic) bond motifs is 7. The van der Waals surface area contributed by atoms with E-state index >= 15 is 0 Å². The molecule has 6 aromatic rings. The van der Waals surface area contributed by atoms with Gasteiger partial charge in [-0.05, 0) is 93.0 Å². The van der Waals surface area contributed by atoms with Crippen molar-refractivity contribution in [3.05, 3.63) is 131 Å². The molecule has 0 N–H and O–H groups in total. The van der Waals surface area contributed by atoms with Gasteiger partial charge in [0.2, 0.25) is 0 Å². The average molecular weight is 611 g/mol. The summed E-state index contributed by atoms with van der Waals surface area (Å²) in [6, 6.07) is 43.5. The summed E-state index contributed by atoms with van der Waals surface area (Å²) in [4.78, 5) is 0. The molecule has 6 aromatic carbocycles. The van der Waals surface area contributed by atoms with Crippen molar-refractivity contribution in [3.8, 4) is 45.5 Å². The fourth-order valence-corrected chi connectivity index (χ4v) is 7.79. The number of rotatable bonds is 8. The molecule has 0 radical (unpaired) electrons. The third-order valence-corrected chi connectivity index (χ3v) is 10.2. The summed E-state index contributed by atoms with van der Waals surface area (Å²) in [6.45, 7) is 8.75. The van der Waals surface area contributed by atoms with Crippen LogP contribution >= 0.6 is 0 Å². The van der Waals surface area contributed by atoms with Gasteiger partial charge in [-0.3, -0.25) is 0 Å². The van der Waals surface area contributed by atoms with Gasteiger partial charge in [0.15, 0.2) is 0 Å². The second-order valence-electron chi connectivity index (χ2n) is 13.2. The molecule has 47 heavy (non-hydrogen) atoms. The molecule has 0 aliphatic carbocycles. The Hall–Kier alpha value is -5.22. The highest BCUT2D eigenvalue weighted by Crippen LogP contribution is 2.50. The first-order valence-electron chi connectivity index (χ1n) is 17.0. The normalized spacial score (nSPS) is 13.4. The quantitative estimate of drug-likeness (QED) is 0.161. The number of nitriles is 2. The van der Waals surface area contributed by atoms with Crippen LogP contribution in [-0.2, 0) is 13.1 Å². The van der Waals surface area contributed by atoms with Gasteiger partial charge in [-0.2, -0.15) is 10.5 Å². The van der Waals surface area contributed by atoms with E-state index in [2.05, 4.69) is 111 Å². The number of hydrogen-bond donors (Lipinski definition) is 0. The number of nitrogens with zero attached hydrogens (tertiary/aromatic N) is 3. The summed E-state index contributed by atoms with van der Waals surface area (Å²) < 4.78 is 1.00. The van der Waals surface area contributed by atoms with Crippen LogP contribution < -0.4 is 0 Å². The van der Waals surface area contributed by atoms with Gasteiger partial charge in [-0.1, -0.05) is 99.5 Å². The lowest BCUT2D eigenvalue weighted by molar-refractivity contribution is -0.953. The smallest absolute Gasteiger partial charge is 0.106 e. The van der Waals surface area contributed by atoms with E-state index in [0.717, 1.165) is 54.6 Å². The predicted octanol–water partition coefficient (Wildman–Crippen LogP) is 11.2. The lowest BCUT2D eigenvalue weighted by Crippen LogP contribution is -2.47. The van der Waals surface area contributed by atoms with Gasteiger partial charge in [0.05, 0.1) is 36.4 Å². The molecule has 1 aliphatic heterocycles. The molecule has 0 atom stereocenters. The second kappa shape index (κ2) is 12.9. The lowest BCUT2D eigenvalue weighted by atomic mass is 9.82. The minimum atomic E-state index is 0.681. The third kappa shape index (κ3) is 5.59. The summed E-state index contributed by atoms with van der Waals surface area (Å²) in [5, 5.41) is 24.2. The van der Waals surface area contributed by atoms with E-state index in [0.29, 0.717) is 11.1 Å². The first kappa shape index (κ1) is 30.4. The summed E-state index contributed by atoms with van der Waals surface area (Å²) in [6.07, 6.45) is 4.67. The van der Waals surface area contributed by atoms with Crippen molar-refractivity contribution >= 4 is 21.5 Å². The Morgan fingerprint density at radius 2 is 0.957 bits per heavy atom. The Morgan fingerprint density at radius 3 is 1.34 bits per heavy atom. The van der Waals surface area contributed by atoms with Crippen molar-refractivity contribution in [1.82, 2.24) is 0 Å². The Bertz CT molecular complexity index is 2020. The molecule has 0 fully saturated rings. The Balaban J connectivity index is 1.65. The van der Waals surface area contributed by atoms with E-state index < -0.39 is 0 Å². The highest BCUT2D eigenvalue weighted by molar-refractivity contribution is 6.12. The van der Waals surface area contributed by atoms with E-state index in [-0.39, 0.29) is 0 Å². The fourth-order valence-electron chi connectivity index (χ4n) is 7.79. The van der Waals surface area contributed by atoms with Crippen LogP contribution in [0.4, 0.5) is 0 Å². The van der Waals surface area contributed by atoms with Gasteiger partial charge in [-0.15, -0.1) is 0 Å². The van der Waals surface area contributed by atoms with Gasteiger partial charge in [0, 0.05) is 22.3 Å². The van der Waals surface area contributed by atoms with Gasteiger partial charge in [-0.25, -0.2) is 0 Å². The number of hydrogen-bond acceptors (Lipinski definition) is 2. The fraction of sp³-hybridized carbons (Fsp3) is 0.227. The van der Waals surface area contributed by atoms with Crippen LogP contribution in [0.25, 0.3) is 54.9 Å². The molecule has 230 valence electrons. The SMILES string of the molecule is CCCC[N+]1(CCCC)Cc2c(-c3ccc(C#N)cc3)cc3ccccc3c2-c2c(c(-c3ccc(C#N)cc3)cc3ccccc23)C1. The van der Waals surface area contributed by atoms with Crippen LogP contribution in [0.3, 0.4) is 0 Å². The molecule has 0 saturated carbocycles. The zero-order valence-electron chi connectivity index (χ0n) is 27.4. The molecular formula is C44H40N3+. The minimum absolute atomic E-state index is 0.681. The molecule has 0 amide bonds. The van der Waals surface area contributed by atoms with Crippen molar-refractivity contribution in [2.24, 2.45) is 0 Å². The number of benzene rings is 6. The van der Waals surface area contributed by atoms with Gasteiger partial charge in [0.25, 0.3) is 0 Å². The average Bonchev–Trinajstić information content (AvgIpc) is 3.28. The van der Waals surface area contributed by atoms with Crippen LogP contribution in [0.5, 0.6) is 0 Å². The number of unbranched alkanes of at least 4 members (excludes halogenated alkanes) is 2. The van der Waals surface area contributed by atoms with Crippen LogP contribution in [0, 0.1) is 22.7 Å². The van der Waals surface area contributed by atoms with Crippen molar-refractivity contribution in [3.63, 3.8) is 0 Å². The highest BCUT2D eigenvalue weighted by Gasteiger charge is 2.37. The van der Waals surface area contributed by atoms with Crippen LogP contribution in [0.2, 0.25) is 0 Å². The van der Waals surface area contributed by atoms with Gasteiger partial charge in [0.1, 0.15) is 13.1 Å². The van der Waals surface area contributed by atoms with E-state index in [1.165, 1.54) is 67.8 Å². The molecule has 1 heterocycles. The first-order chi connectivity index (χ1) is 23.1. The predicted molar refractivity (Wildman–Crippen MR) is 194 cm³/mol. The van der Waals surface area contributed by atoms with E-state index in [1.54, 1.807) is 0 Å². The summed E-state index contributed by atoms with van der Waals surface area (Å²) in [7, 11) is 0.